The van der Waals surface area contributed by atoms with Gasteiger partial charge in [0, 0.05) is 36.7 Å². The molecule has 17 heavy (non-hydrogen) atoms. The van der Waals surface area contributed by atoms with Crippen molar-refractivity contribution in [1.82, 2.24) is 4.98 Å². The number of nitrogens with two attached hydrogens (primary N) is 1. The van der Waals surface area contributed by atoms with Gasteiger partial charge in [0.1, 0.15) is 6.10 Å². The number of carbonyl (C=O) groups is 1. The molecule has 1 unspecified atom stereocenters. The average Bonchev–Trinajstić information content (AvgIpc) is 3.13. The number of rotatable bonds is 6. The quantitative estimate of drug-likeness (QED) is 0.811. The second-order valence-electron chi connectivity index (χ2n) is 4.43. The number of hydrogen-bond acceptors (Lipinski definition) is 4. The molecule has 0 saturated heterocycles. The Labute approximate surface area is 101 Å². The van der Waals surface area contributed by atoms with Gasteiger partial charge in [-0.25, -0.2) is 0 Å². The van der Waals surface area contributed by atoms with Gasteiger partial charge in [-0.2, -0.15) is 0 Å². The minimum atomic E-state index is -0.250. The summed E-state index contributed by atoms with van der Waals surface area (Å²) in [7, 11) is 0. The molecule has 1 aliphatic rings. The number of anilines is 1. The fourth-order valence-corrected chi connectivity index (χ4v) is 1.94. The normalized spacial score (nSPS) is 16.8. The monoisotopic (exact) mass is 234 g/mol. The van der Waals surface area contributed by atoms with Crippen LogP contribution in [0, 0.1) is 5.92 Å². The van der Waals surface area contributed by atoms with Crippen molar-refractivity contribution in [1.29, 1.82) is 0 Å². The van der Waals surface area contributed by atoms with E-state index in [0.29, 0.717) is 24.6 Å². The lowest BCUT2D eigenvalue weighted by molar-refractivity contribution is -0.130. The zero-order chi connectivity index (χ0) is 12.3. The number of nitrogens with zero attached hydrogens (tertiary/aromatic N) is 1. The molecule has 0 aliphatic heterocycles. The lowest BCUT2D eigenvalue weighted by Gasteiger charge is -2.15. The maximum absolute atomic E-state index is 12.1. The molecule has 0 aromatic carbocycles. The molecule has 1 saturated carbocycles. The second-order valence-corrected chi connectivity index (χ2v) is 4.43. The Morgan fingerprint density at radius 1 is 1.65 bits per heavy atom. The van der Waals surface area contributed by atoms with Gasteiger partial charge >= 0.3 is 0 Å². The maximum atomic E-state index is 12.1. The third-order valence-corrected chi connectivity index (χ3v) is 3.02. The fourth-order valence-electron chi connectivity index (χ4n) is 1.94. The number of hydrogen-bond donors (Lipinski definition) is 1. The van der Waals surface area contributed by atoms with Crippen molar-refractivity contribution in [2.75, 3.05) is 12.3 Å². The summed E-state index contributed by atoms with van der Waals surface area (Å²) < 4.78 is 5.53. The van der Waals surface area contributed by atoms with Crippen molar-refractivity contribution in [3.63, 3.8) is 0 Å². The summed E-state index contributed by atoms with van der Waals surface area (Å²) in [6.45, 7) is 2.50. The van der Waals surface area contributed by atoms with Crippen LogP contribution in [0.25, 0.3) is 0 Å². The molecule has 1 heterocycles. The Morgan fingerprint density at radius 2 is 2.41 bits per heavy atom. The first-order chi connectivity index (χ1) is 8.22. The first-order valence-electron chi connectivity index (χ1n) is 6.05. The van der Waals surface area contributed by atoms with E-state index in [4.69, 9.17) is 10.5 Å². The third-order valence-electron chi connectivity index (χ3n) is 3.02. The highest BCUT2D eigenvalue weighted by molar-refractivity contribution is 5.86. The van der Waals surface area contributed by atoms with Gasteiger partial charge in [-0.1, -0.05) is 0 Å². The summed E-state index contributed by atoms with van der Waals surface area (Å²) in [6, 6.07) is 1.72. The highest BCUT2D eigenvalue weighted by atomic mass is 16.5. The standard InChI is InChI=1S/C13H18N2O2/c1-2-17-13(9-3-4-9)12(16)7-10-8-15-6-5-11(10)14/h5-6,8-9,13H,2-4,7H2,1H3,(H2,14,15). The first kappa shape index (κ1) is 12.0. The smallest absolute Gasteiger partial charge is 0.166 e. The van der Waals surface area contributed by atoms with Gasteiger partial charge in [-0.3, -0.25) is 9.78 Å². The molecule has 1 aliphatic carbocycles. The highest BCUT2D eigenvalue weighted by Gasteiger charge is 2.36. The number of Topliss-reactive ketones (excluding diaryl/α,β-unsaturated/α-hetero) is 1. The number of nitrogen functional groups attached to an aromatic ring is 1. The number of ether oxygens (including phenoxy) is 1. The Morgan fingerprint density at radius 3 is 3.00 bits per heavy atom. The van der Waals surface area contributed by atoms with Crippen LogP contribution in [0.2, 0.25) is 0 Å². The van der Waals surface area contributed by atoms with Crippen molar-refractivity contribution in [3.8, 4) is 0 Å². The molecule has 2 N–H and O–H groups in total. The lowest BCUT2D eigenvalue weighted by Crippen LogP contribution is -2.28. The summed E-state index contributed by atoms with van der Waals surface area (Å²) in [5, 5.41) is 0. The highest BCUT2D eigenvalue weighted by Crippen LogP contribution is 2.35. The zero-order valence-corrected chi connectivity index (χ0v) is 10.1. The van der Waals surface area contributed by atoms with Crippen LogP contribution >= 0.6 is 0 Å². The van der Waals surface area contributed by atoms with E-state index in [9.17, 15) is 4.79 Å². The molecule has 4 heteroatoms. The van der Waals surface area contributed by atoms with Crippen LogP contribution in [0.4, 0.5) is 5.69 Å². The summed E-state index contributed by atoms with van der Waals surface area (Å²) in [5.74, 6) is 0.536. The Balaban J connectivity index is 2.02. The van der Waals surface area contributed by atoms with Gasteiger partial charge in [0.2, 0.25) is 0 Å². The molecular weight excluding hydrogens is 216 g/mol. The minimum Gasteiger partial charge on any atom is -0.398 e. The molecule has 1 aromatic heterocycles. The van der Waals surface area contributed by atoms with Gasteiger partial charge < -0.3 is 10.5 Å². The molecule has 0 radical (unpaired) electrons. The van der Waals surface area contributed by atoms with Crippen LogP contribution in [0.5, 0.6) is 0 Å². The Hall–Kier alpha value is -1.42. The van der Waals surface area contributed by atoms with E-state index >= 15 is 0 Å². The molecule has 1 fully saturated rings. The SMILES string of the molecule is CCOC(C(=O)Cc1cnccc1N)C1CC1. The van der Waals surface area contributed by atoms with E-state index in [2.05, 4.69) is 4.98 Å². The van der Waals surface area contributed by atoms with Gasteiger partial charge in [0.25, 0.3) is 0 Å². The van der Waals surface area contributed by atoms with Crippen LogP contribution in [-0.4, -0.2) is 23.5 Å². The molecule has 0 bridgehead atoms. The number of aromatic nitrogens is 1. The van der Waals surface area contributed by atoms with Crippen molar-refractivity contribution in [2.45, 2.75) is 32.3 Å². The number of pyridine rings is 1. The Bertz CT molecular complexity index is 402. The molecule has 4 nitrogen and oxygen atoms in total. The lowest BCUT2D eigenvalue weighted by atomic mass is 10.0. The third kappa shape index (κ3) is 3.03. The number of carbonyl (C=O) groups excluding carboxylic acids is 1. The summed E-state index contributed by atoms with van der Waals surface area (Å²) in [6.07, 6.45) is 5.55. The van der Waals surface area contributed by atoms with Crippen molar-refractivity contribution >= 4 is 11.5 Å². The maximum Gasteiger partial charge on any atom is 0.166 e. The molecule has 0 spiro atoms. The van der Waals surface area contributed by atoms with Crippen molar-refractivity contribution < 1.29 is 9.53 Å². The van der Waals surface area contributed by atoms with E-state index in [1.165, 1.54) is 0 Å². The van der Waals surface area contributed by atoms with Gasteiger partial charge in [0.05, 0.1) is 0 Å². The van der Waals surface area contributed by atoms with Crippen LogP contribution in [0.15, 0.2) is 18.5 Å². The molecule has 92 valence electrons. The van der Waals surface area contributed by atoms with Crippen molar-refractivity contribution in [3.05, 3.63) is 24.0 Å². The second kappa shape index (κ2) is 5.27. The summed E-state index contributed by atoms with van der Waals surface area (Å²) >= 11 is 0. The van der Waals surface area contributed by atoms with Crippen LogP contribution < -0.4 is 5.73 Å². The predicted molar refractivity (Wildman–Crippen MR) is 65.5 cm³/mol. The number of ketones is 1. The summed E-state index contributed by atoms with van der Waals surface area (Å²) in [4.78, 5) is 16.1. The van der Waals surface area contributed by atoms with Crippen LogP contribution in [-0.2, 0) is 16.0 Å². The zero-order valence-electron chi connectivity index (χ0n) is 10.1. The molecule has 1 atom stereocenters. The molecular formula is C13H18N2O2. The van der Waals surface area contributed by atoms with E-state index in [1.54, 1.807) is 18.5 Å². The largest absolute Gasteiger partial charge is 0.398 e. The van der Waals surface area contributed by atoms with Gasteiger partial charge in [-0.15, -0.1) is 0 Å². The van der Waals surface area contributed by atoms with Crippen molar-refractivity contribution in [2.24, 2.45) is 5.92 Å². The van der Waals surface area contributed by atoms with Crippen LogP contribution in [0.3, 0.4) is 0 Å². The first-order valence-corrected chi connectivity index (χ1v) is 6.05. The minimum absolute atomic E-state index is 0.119. The van der Waals surface area contributed by atoms with E-state index in [0.717, 1.165) is 18.4 Å². The van der Waals surface area contributed by atoms with E-state index in [-0.39, 0.29) is 11.9 Å². The topological polar surface area (TPSA) is 65.2 Å². The predicted octanol–water partition coefficient (Wildman–Crippen LogP) is 1.59. The summed E-state index contributed by atoms with van der Waals surface area (Å²) in [5.41, 5.74) is 7.22. The van der Waals surface area contributed by atoms with Crippen LogP contribution in [0.1, 0.15) is 25.3 Å². The molecule has 2 rings (SSSR count). The van der Waals surface area contributed by atoms with E-state index in [1.807, 2.05) is 6.92 Å². The van der Waals surface area contributed by atoms with E-state index < -0.39 is 0 Å². The average molecular weight is 234 g/mol. The molecule has 0 amide bonds. The molecule has 1 aromatic rings. The van der Waals surface area contributed by atoms with Gasteiger partial charge in [0.15, 0.2) is 5.78 Å². The fraction of sp³-hybridized carbons (Fsp3) is 0.538. The Kier molecular flexibility index (Phi) is 3.74. The van der Waals surface area contributed by atoms with Gasteiger partial charge in [-0.05, 0) is 31.7 Å².